The summed E-state index contributed by atoms with van der Waals surface area (Å²) in [5.74, 6) is -0.944. The zero-order valence-corrected chi connectivity index (χ0v) is 18.5. The van der Waals surface area contributed by atoms with Crippen LogP contribution in [0.1, 0.15) is 42.5 Å². The molecular weight excluding hydrogens is 416 g/mol. The molecule has 0 radical (unpaired) electrons. The molecule has 33 heavy (non-hydrogen) atoms. The minimum Gasteiger partial charge on any atom is -0.507 e. The van der Waals surface area contributed by atoms with E-state index in [4.69, 9.17) is 4.74 Å². The van der Waals surface area contributed by atoms with Gasteiger partial charge in [-0.1, -0.05) is 55.8 Å². The lowest BCUT2D eigenvalue weighted by molar-refractivity contribution is -0.140. The van der Waals surface area contributed by atoms with E-state index in [0.29, 0.717) is 17.9 Å². The summed E-state index contributed by atoms with van der Waals surface area (Å²) in [5.41, 5.74) is 2.11. The lowest BCUT2D eigenvalue weighted by Gasteiger charge is -2.25. The monoisotopic (exact) mass is 442 g/mol. The minimum atomic E-state index is -0.705. The highest BCUT2D eigenvalue weighted by Gasteiger charge is 2.46. The molecule has 1 fully saturated rings. The summed E-state index contributed by atoms with van der Waals surface area (Å²) < 4.78 is 5.76. The first-order valence-corrected chi connectivity index (χ1v) is 11.1. The van der Waals surface area contributed by atoms with Crippen molar-refractivity contribution in [3.05, 3.63) is 101 Å². The molecule has 1 atom stereocenters. The van der Waals surface area contributed by atoms with Crippen LogP contribution in [0.2, 0.25) is 0 Å². The van der Waals surface area contributed by atoms with Crippen LogP contribution in [0.25, 0.3) is 5.76 Å². The first kappa shape index (κ1) is 22.3. The van der Waals surface area contributed by atoms with Gasteiger partial charge in [0.2, 0.25) is 0 Å². The Morgan fingerprint density at radius 1 is 1.03 bits per heavy atom. The van der Waals surface area contributed by atoms with Crippen LogP contribution in [-0.2, 0) is 16.1 Å². The van der Waals surface area contributed by atoms with E-state index in [1.807, 2.05) is 36.4 Å². The number of carbonyl (C=O) groups is 2. The molecule has 2 heterocycles. The number of carbonyl (C=O) groups excluding carboxylic acids is 2. The summed E-state index contributed by atoms with van der Waals surface area (Å²) in [7, 11) is 0. The molecule has 4 rings (SSSR count). The van der Waals surface area contributed by atoms with Crippen LogP contribution in [0.5, 0.6) is 5.75 Å². The Kier molecular flexibility index (Phi) is 6.83. The molecule has 0 bridgehead atoms. The van der Waals surface area contributed by atoms with Gasteiger partial charge in [-0.05, 0) is 41.8 Å². The van der Waals surface area contributed by atoms with Crippen LogP contribution >= 0.6 is 0 Å². The maximum absolute atomic E-state index is 13.1. The van der Waals surface area contributed by atoms with E-state index in [-0.39, 0.29) is 17.9 Å². The number of amides is 1. The average molecular weight is 443 g/mol. The Morgan fingerprint density at radius 3 is 2.52 bits per heavy atom. The number of aromatic nitrogens is 1. The molecule has 1 aromatic heterocycles. The van der Waals surface area contributed by atoms with Crippen molar-refractivity contribution in [1.29, 1.82) is 0 Å². The van der Waals surface area contributed by atoms with E-state index in [1.165, 1.54) is 4.90 Å². The molecule has 6 heteroatoms. The number of benzene rings is 2. The first-order chi connectivity index (χ1) is 16.1. The van der Waals surface area contributed by atoms with Crippen molar-refractivity contribution in [2.75, 3.05) is 6.61 Å². The van der Waals surface area contributed by atoms with Gasteiger partial charge in [0.05, 0.1) is 18.2 Å². The second-order valence-electron chi connectivity index (χ2n) is 7.92. The maximum Gasteiger partial charge on any atom is 0.295 e. The highest BCUT2D eigenvalue weighted by molar-refractivity contribution is 6.46. The van der Waals surface area contributed by atoms with Gasteiger partial charge in [-0.15, -0.1) is 0 Å². The third-order valence-corrected chi connectivity index (χ3v) is 5.63. The molecule has 3 aromatic rings. The van der Waals surface area contributed by atoms with Gasteiger partial charge in [0, 0.05) is 24.5 Å². The predicted octanol–water partition coefficient (Wildman–Crippen LogP) is 4.88. The number of aliphatic hydroxyl groups excluding tert-OH is 1. The number of nitrogens with zero attached hydrogens (tertiary/aromatic N) is 2. The van der Waals surface area contributed by atoms with Crippen molar-refractivity contribution in [3.63, 3.8) is 0 Å². The van der Waals surface area contributed by atoms with Gasteiger partial charge in [-0.25, -0.2) is 0 Å². The number of aliphatic hydroxyl groups is 1. The van der Waals surface area contributed by atoms with E-state index >= 15 is 0 Å². The van der Waals surface area contributed by atoms with E-state index in [2.05, 4.69) is 11.9 Å². The molecule has 0 aliphatic carbocycles. The van der Waals surface area contributed by atoms with E-state index in [1.54, 1.807) is 42.7 Å². The normalized spacial score (nSPS) is 17.4. The number of Topliss-reactive ketones (excluding diaryl/α,β-unsaturated/α-hetero) is 1. The van der Waals surface area contributed by atoms with Crippen molar-refractivity contribution in [1.82, 2.24) is 9.88 Å². The van der Waals surface area contributed by atoms with Crippen molar-refractivity contribution < 1.29 is 19.4 Å². The highest BCUT2D eigenvalue weighted by Crippen LogP contribution is 2.40. The summed E-state index contributed by atoms with van der Waals surface area (Å²) in [5, 5.41) is 11.2. The molecular formula is C27H26N2O4. The number of ketones is 1. The van der Waals surface area contributed by atoms with Gasteiger partial charge < -0.3 is 14.7 Å². The minimum absolute atomic E-state index is 0.0750. The van der Waals surface area contributed by atoms with Crippen LogP contribution in [-0.4, -0.2) is 33.3 Å². The molecule has 168 valence electrons. The third kappa shape index (κ3) is 4.80. The molecule has 1 aliphatic heterocycles. The lowest BCUT2D eigenvalue weighted by Crippen LogP contribution is -2.29. The molecule has 0 spiro atoms. The number of likely N-dealkylation sites (tertiary alicyclic amines) is 1. The van der Waals surface area contributed by atoms with Crippen molar-refractivity contribution in [2.45, 2.75) is 32.4 Å². The summed E-state index contributed by atoms with van der Waals surface area (Å²) in [6.07, 6.45) is 5.23. The highest BCUT2D eigenvalue weighted by atomic mass is 16.5. The van der Waals surface area contributed by atoms with E-state index < -0.39 is 17.7 Å². The quantitative estimate of drug-likeness (QED) is 0.233. The molecule has 6 nitrogen and oxygen atoms in total. The van der Waals surface area contributed by atoms with Crippen LogP contribution in [0.4, 0.5) is 0 Å². The fourth-order valence-electron chi connectivity index (χ4n) is 3.93. The van der Waals surface area contributed by atoms with Crippen molar-refractivity contribution in [2.24, 2.45) is 0 Å². The topological polar surface area (TPSA) is 79.7 Å². The molecule has 1 saturated heterocycles. The van der Waals surface area contributed by atoms with Gasteiger partial charge in [0.1, 0.15) is 11.5 Å². The van der Waals surface area contributed by atoms with Gasteiger partial charge in [0.15, 0.2) is 0 Å². The van der Waals surface area contributed by atoms with Crippen LogP contribution in [0, 0.1) is 0 Å². The van der Waals surface area contributed by atoms with Gasteiger partial charge >= 0.3 is 0 Å². The Hall–Kier alpha value is -3.93. The number of hydrogen-bond donors (Lipinski definition) is 1. The predicted molar refractivity (Wildman–Crippen MR) is 125 cm³/mol. The fourth-order valence-corrected chi connectivity index (χ4v) is 3.93. The summed E-state index contributed by atoms with van der Waals surface area (Å²) >= 11 is 0. The summed E-state index contributed by atoms with van der Waals surface area (Å²) in [6.45, 7) is 2.88. The first-order valence-electron chi connectivity index (χ1n) is 11.1. The molecule has 1 aliphatic rings. The van der Waals surface area contributed by atoms with Crippen molar-refractivity contribution in [3.8, 4) is 5.75 Å². The molecule has 1 unspecified atom stereocenters. The van der Waals surface area contributed by atoms with Gasteiger partial charge in [-0.2, -0.15) is 0 Å². The number of pyridine rings is 1. The SMILES string of the molecule is CCCCOc1cccc(C(O)=C2C(=O)C(=O)N(Cc3ccncc3)C2c2ccccc2)c1. The van der Waals surface area contributed by atoms with Crippen LogP contribution < -0.4 is 4.74 Å². The molecule has 0 saturated carbocycles. The number of hydrogen-bond acceptors (Lipinski definition) is 5. The number of unbranched alkanes of at least 4 members (excludes halogenated alkanes) is 1. The molecule has 1 N–H and O–H groups in total. The Morgan fingerprint density at radius 2 is 1.79 bits per heavy atom. The van der Waals surface area contributed by atoms with Gasteiger partial charge in [0.25, 0.3) is 11.7 Å². The van der Waals surface area contributed by atoms with Gasteiger partial charge in [-0.3, -0.25) is 14.6 Å². The van der Waals surface area contributed by atoms with Crippen LogP contribution in [0.3, 0.4) is 0 Å². The zero-order valence-electron chi connectivity index (χ0n) is 18.5. The zero-order chi connectivity index (χ0) is 23.2. The molecule has 2 aromatic carbocycles. The standard InChI is InChI=1S/C27H26N2O4/c1-2-3-16-33-22-11-7-10-21(17-22)25(30)23-24(20-8-5-4-6-9-20)29(27(32)26(23)31)18-19-12-14-28-15-13-19/h4-15,17,24,30H,2-3,16,18H2,1H3. The lowest BCUT2D eigenvalue weighted by atomic mass is 9.95. The fraction of sp³-hybridized carbons (Fsp3) is 0.222. The van der Waals surface area contributed by atoms with E-state index in [0.717, 1.165) is 24.0 Å². The Balaban J connectivity index is 1.76. The molecule has 1 amide bonds. The van der Waals surface area contributed by atoms with E-state index in [9.17, 15) is 14.7 Å². The summed E-state index contributed by atoms with van der Waals surface area (Å²) in [6, 6.07) is 19.2. The number of rotatable bonds is 8. The largest absolute Gasteiger partial charge is 0.507 e. The number of ether oxygens (including phenoxy) is 1. The third-order valence-electron chi connectivity index (χ3n) is 5.63. The van der Waals surface area contributed by atoms with Crippen molar-refractivity contribution >= 4 is 17.4 Å². The van der Waals surface area contributed by atoms with Crippen LogP contribution in [0.15, 0.2) is 84.7 Å². The Bertz CT molecular complexity index is 1160. The summed E-state index contributed by atoms with van der Waals surface area (Å²) in [4.78, 5) is 31.7. The smallest absolute Gasteiger partial charge is 0.295 e. The second kappa shape index (κ2) is 10.1. The second-order valence-corrected chi connectivity index (χ2v) is 7.92. The average Bonchev–Trinajstić information content (AvgIpc) is 3.10. The maximum atomic E-state index is 13.1. The Labute approximate surface area is 193 Å².